The predicted molar refractivity (Wildman–Crippen MR) is 164 cm³/mol. The van der Waals surface area contributed by atoms with Crippen molar-refractivity contribution in [2.75, 3.05) is 19.5 Å². The molecule has 0 amide bonds. The molecule has 1 N–H and O–H groups in total. The largest absolute Gasteiger partial charge is 0.481 e. The van der Waals surface area contributed by atoms with Crippen LogP contribution in [0.4, 0.5) is 5.69 Å². The monoisotopic (exact) mass is 531 g/mol. The number of methoxy groups -OCH3 is 1. The van der Waals surface area contributed by atoms with Gasteiger partial charge in [-0.05, 0) is 38.2 Å². The van der Waals surface area contributed by atoms with Crippen LogP contribution in [0.2, 0.25) is 0 Å². The number of fused-ring (bicyclic) bond motifs is 1. The highest BCUT2D eigenvalue weighted by Crippen LogP contribution is 2.24. The Labute approximate surface area is 230 Å². The molecule has 0 saturated heterocycles. The van der Waals surface area contributed by atoms with Gasteiger partial charge in [-0.1, -0.05) is 80.9 Å². The molecular weight excluding hydrogens is 478 g/mol. The van der Waals surface area contributed by atoms with E-state index in [4.69, 9.17) is 4.74 Å². The lowest BCUT2D eigenvalue weighted by molar-refractivity contribution is -0.112. The van der Waals surface area contributed by atoms with E-state index in [9.17, 15) is 9.59 Å². The summed E-state index contributed by atoms with van der Waals surface area (Å²) in [5.74, 6) is 1.40. The Kier molecular flexibility index (Phi) is 20.3. The van der Waals surface area contributed by atoms with Crippen LogP contribution in [-0.4, -0.2) is 39.6 Å². The van der Waals surface area contributed by atoms with Gasteiger partial charge in [-0.2, -0.15) is 0 Å². The molecule has 2 heterocycles. The molecule has 0 fully saturated rings. The molecule has 2 aromatic heterocycles. The molecule has 0 radical (unpaired) electrons. The van der Waals surface area contributed by atoms with E-state index in [1.165, 1.54) is 17.4 Å². The smallest absolute Gasteiger partial charge is 0.336 e. The Hall–Kier alpha value is -3.16. The van der Waals surface area contributed by atoms with Crippen molar-refractivity contribution in [3.63, 3.8) is 0 Å². The third-order valence-corrected chi connectivity index (χ3v) is 6.00. The van der Waals surface area contributed by atoms with Gasteiger partial charge in [0.05, 0.1) is 30.4 Å². The van der Waals surface area contributed by atoms with E-state index >= 15 is 0 Å². The molecule has 2 atom stereocenters. The highest BCUT2D eigenvalue weighted by Gasteiger charge is 2.20. The zero-order chi connectivity index (χ0) is 29.8. The molecule has 2 unspecified atom stereocenters. The molecule has 8 heteroatoms. The second-order valence-electron chi connectivity index (χ2n) is 8.27. The summed E-state index contributed by atoms with van der Waals surface area (Å²) in [6.45, 7) is 24.0. The fourth-order valence-corrected chi connectivity index (χ4v) is 3.53. The number of ether oxygens (including phenoxy) is 1. The second-order valence-corrected chi connectivity index (χ2v) is 8.27. The van der Waals surface area contributed by atoms with Crippen LogP contribution in [0.25, 0.3) is 5.65 Å². The Morgan fingerprint density at radius 2 is 1.76 bits per heavy atom. The molecule has 216 valence electrons. The quantitative estimate of drug-likeness (QED) is 0.245. The summed E-state index contributed by atoms with van der Waals surface area (Å²) in [7, 11) is 3.32. The Bertz CT molecular complexity index is 1080. The third kappa shape index (κ3) is 11.1. The van der Waals surface area contributed by atoms with Gasteiger partial charge in [-0.25, -0.2) is 14.2 Å². The van der Waals surface area contributed by atoms with Gasteiger partial charge in [-0.15, -0.1) is 0 Å². The fraction of sp³-hybridized carbons (Fsp3) is 0.600. The van der Waals surface area contributed by atoms with Crippen LogP contribution < -0.4 is 15.7 Å². The number of ketones is 1. The molecule has 38 heavy (non-hydrogen) atoms. The first-order valence-corrected chi connectivity index (χ1v) is 13.9. The molecule has 2 aromatic rings. The van der Waals surface area contributed by atoms with Gasteiger partial charge in [0, 0.05) is 19.8 Å². The number of nitrogens with one attached hydrogen (secondary N) is 1. The van der Waals surface area contributed by atoms with Crippen molar-refractivity contribution in [1.29, 1.82) is 0 Å². The molecule has 0 aliphatic rings. The number of anilines is 1. The molecular formula is C30H53N5O3. The number of carbonyl (C=O) groups is 1. The minimum Gasteiger partial charge on any atom is -0.481 e. The standard InChI is InChI=1S/C22H35N5O2.C4H6O.2C2H6/c1-8-11-18(16(5)23-6)25-19-14-26(13-17(10-3)15(4)9-2)22(28)27-20(29-7)12-24-21(19)27;1-3-4(2)5;2*1-2/h11-12,14-15,17,25H,8-10,13H2,1-7H3;3H,1H2,2H3;2*1-2H3/b18-11+,23-16?;;;. The Morgan fingerprint density at radius 1 is 1.18 bits per heavy atom. The topological polar surface area (TPSA) is 90.0 Å². The summed E-state index contributed by atoms with van der Waals surface area (Å²) in [5.41, 5.74) is 2.98. The zero-order valence-corrected chi connectivity index (χ0v) is 26.0. The van der Waals surface area contributed by atoms with Gasteiger partial charge in [0.15, 0.2) is 11.4 Å². The van der Waals surface area contributed by atoms with E-state index in [0.29, 0.717) is 29.9 Å². The van der Waals surface area contributed by atoms with Gasteiger partial charge in [-0.3, -0.25) is 14.4 Å². The summed E-state index contributed by atoms with van der Waals surface area (Å²) in [6, 6.07) is 0. The summed E-state index contributed by atoms with van der Waals surface area (Å²) < 4.78 is 8.72. The van der Waals surface area contributed by atoms with Gasteiger partial charge in [0.2, 0.25) is 5.88 Å². The van der Waals surface area contributed by atoms with Crippen LogP contribution in [0.3, 0.4) is 0 Å². The van der Waals surface area contributed by atoms with E-state index in [2.05, 4.69) is 55.6 Å². The van der Waals surface area contributed by atoms with Crippen molar-refractivity contribution in [3.05, 3.63) is 47.3 Å². The molecule has 0 aliphatic carbocycles. The number of aromatic nitrogens is 3. The van der Waals surface area contributed by atoms with Crippen molar-refractivity contribution in [3.8, 4) is 5.88 Å². The van der Waals surface area contributed by atoms with Gasteiger partial charge in [0.25, 0.3) is 0 Å². The van der Waals surface area contributed by atoms with E-state index in [1.54, 1.807) is 24.9 Å². The van der Waals surface area contributed by atoms with Crippen molar-refractivity contribution < 1.29 is 9.53 Å². The number of nitrogens with zero attached hydrogens (tertiary/aromatic N) is 4. The van der Waals surface area contributed by atoms with Crippen LogP contribution in [0, 0.1) is 11.8 Å². The molecule has 2 rings (SSSR count). The predicted octanol–water partition coefficient (Wildman–Crippen LogP) is 7.19. The molecule has 8 nitrogen and oxygen atoms in total. The number of rotatable bonds is 11. The van der Waals surface area contributed by atoms with Gasteiger partial charge in [0.1, 0.15) is 0 Å². The normalized spacial score (nSPS) is 12.5. The van der Waals surface area contributed by atoms with Gasteiger partial charge >= 0.3 is 5.69 Å². The first kappa shape index (κ1) is 37.0. The van der Waals surface area contributed by atoms with Gasteiger partial charge < -0.3 is 10.1 Å². The van der Waals surface area contributed by atoms with Crippen molar-refractivity contribution in [1.82, 2.24) is 14.0 Å². The van der Waals surface area contributed by atoms with Crippen molar-refractivity contribution in [2.24, 2.45) is 16.8 Å². The lowest BCUT2D eigenvalue weighted by Gasteiger charge is -2.23. The number of hydrogen-bond donors (Lipinski definition) is 1. The SMILES string of the molecule is C=CC(C)=O.CC.CC.CC/C=C(/Nc1cn(CC(CC)C(C)CC)c(=O)n2c(OC)cnc12)C(C)=NC. The first-order chi connectivity index (χ1) is 18.2. The van der Waals surface area contributed by atoms with Crippen LogP contribution in [0.15, 0.2) is 46.6 Å². The first-order valence-electron chi connectivity index (χ1n) is 13.9. The number of hydrogen-bond acceptors (Lipinski definition) is 6. The van der Waals surface area contributed by atoms with Crippen LogP contribution in [0.1, 0.15) is 88.5 Å². The number of imidazole rings is 1. The third-order valence-electron chi connectivity index (χ3n) is 6.00. The lowest BCUT2D eigenvalue weighted by Crippen LogP contribution is -2.31. The fourth-order valence-electron chi connectivity index (χ4n) is 3.53. The maximum Gasteiger partial charge on any atom is 0.336 e. The summed E-state index contributed by atoms with van der Waals surface area (Å²) in [5, 5.41) is 3.44. The summed E-state index contributed by atoms with van der Waals surface area (Å²) in [4.78, 5) is 31.7. The second kappa shape index (κ2) is 20.8. The Balaban J connectivity index is 0. The highest BCUT2D eigenvalue weighted by atomic mass is 16.5. The minimum absolute atomic E-state index is 0.0185. The number of aliphatic imine (C=N–C) groups is 1. The van der Waals surface area contributed by atoms with Crippen LogP contribution in [-0.2, 0) is 11.3 Å². The molecule has 0 aliphatic heterocycles. The maximum atomic E-state index is 13.2. The summed E-state index contributed by atoms with van der Waals surface area (Å²) >= 11 is 0. The molecule has 0 aromatic carbocycles. The molecule has 0 bridgehead atoms. The van der Waals surface area contributed by atoms with E-state index in [1.807, 2.05) is 40.8 Å². The highest BCUT2D eigenvalue weighted by molar-refractivity contribution is 6.01. The van der Waals surface area contributed by atoms with E-state index in [0.717, 1.165) is 36.4 Å². The molecule has 0 spiro atoms. The zero-order valence-electron chi connectivity index (χ0n) is 26.0. The van der Waals surface area contributed by atoms with E-state index in [-0.39, 0.29) is 11.5 Å². The molecule has 0 saturated carbocycles. The van der Waals surface area contributed by atoms with Crippen LogP contribution >= 0.6 is 0 Å². The number of allylic oxidation sites excluding steroid dienone is 3. The van der Waals surface area contributed by atoms with Crippen LogP contribution in [0.5, 0.6) is 5.88 Å². The van der Waals surface area contributed by atoms with Crippen molar-refractivity contribution >= 4 is 22.8 Å². The van der Waals surface area contributed by atoms with E-state index < -0.39 is 0 Å². The average Bonchev–Trinajstić information content (AvgIpc) is 3.40. The average molecular weight is 532 g/mol. The number of carbonyl (C=O) groups excluding carboxylic acids is 1. The summed E-state index contributed by atoms with van der Waals surface area (Å²) in [6.07, 6.45) is 9.80. The maximum absolute atomic E-state index is 13.2. The minimum atomic E-state index is -0.136. The lowest BCUT2D eigenvalue weighted by atomic mass is 9.89. The Morgan fingerprint density at radius 3 is 2.18 bits per heavy atom. The van der Waals surface area contributed by atoms with Crippen molar-refractivity contribution in [2.45, 2.75) is 95.0 Å².